The summed E-state index contributed by atoms with van der Waals surface area (Å²) in [6.45, 7) is 9.55. The van der Waals surface area contributed by atoms with Gasteiger partial charge >= 0.3 is 0 Å². The molecule has 0 radical (unpaired) electrons. The summed E-state index contributed by atoms with van der Waals surface area (Å²) in [4.78, 5) is 14.4. The van der Waals surface area contributed by atoms with Crippen molar-refractivity contribution in [3.8, 4) is 11.5 Å². The second-order valence-corrected chi connectivity index (χ2v) is 11.2. The molecule has 2 aliphatic heterocycles. The molecule has 2 fully saturated rings. The Bertz CT molecular complexity index is 942. The van der Waals surface area contributed by atoms with Crippen LogP contribution >= 0.6 is 0 Å². The predicted molar refractivity (Wildman–Crippen MR) is 116 cm³/mol. The summed E-state index contributed by atoms with van der Waals surface area (Å²) in [6.07, 6.45) is 4.04. The highest BCUT2D eigenvalue weighted by Crippen LogP contribution is 2.67. The van der Waals surface area contributed by atoms with Crippen LogP contribution in [0, 0.1) is 22.7 Å². The summed E-state index contributed by atoms with van der Waals surface area (Å²) < 4.78 is 6.96. The number of hydrogen-bond acceptors (Lipinski definition) is 5. The molecule has 6 heteroatoms. The lowest BCUT2D eigenvalue weighted by Crippen LogP contribution is -2.66. The van der Waals surface area contributed by atoms with Gasteiger partial charge in [-0.25, -0.2) is 0 Å². The van der Waals surface area contributed by atoms with E-state index in [0.29, 0.717) is 36.1 Å². The third kappa shape index (κ3) is 2.55. The second kappa shape index (κ2) is 6.61. The van der Waals surface area contributed by atoms with E-state index >= 15 is 0 Å². The molecule has 2 saturated carbocycles. The van der Waals surface area contributed by atoms with Gasteiger partial charge in [-0.15, -0.1) is 0 Å². The summed E-state index contributed by atoms with van der Waals surface area (Å²) in [5, 5.41) is 31.1. The van der Waals surface area contributed by atoms with Gasteiger partial charge in [-0.2, -0.15) is 0 Å². The molecule has 2 unspecified atom stereocenters. The van der Waals surface area contributed by atoms with E-state index in [1.165, 1.54) is 0 Å². The monoisotopic (exact) mass is 429 g/mol. The van der Waals surface area contributed by atoms with E-state index in [2.05, 4.69) is 27.7 Å². The van der Waals surface area contributed by atoms with E-state index in [1.54, 1.807) is 11.0 Å². The number of phenols is 1. The topological polar surface area (TPSA) is 90.2 Å². The van der Waals surface area contributed by atoms with Crippen LogP contribution in [0.1, 0.15) is 74.9 Å². The van der Waals surface area contributed by atoms with E-state index in [9.17, 15) is 20.1 Å². The average Bonchev–Trinajstić information content (AvgIpc) is 3.26. The Kier molecular flexibility index (Phi) is 4.49. The van der Waals surface area contributed by atoms with Gasteiger partial charge in [0.15, 0.2) is 0 Å². The first-order valence-electron chi connectivity index (χ1n) is 11.7. The minimum absolute atomic E-state index is 0.0904. The van der Waals surface area contributed by atoms with Crippen LogP contribution in [-0.4, -0.2) is 51.0 Å². The number of carbonyl (C=O) groups is 1. The Balaban J connectivity index is 1.61. The van der Waals surface area contributed by atoms with E-state index in [1.807, 2.05) is 0 Å². The van der Waals surface area contributed by atoms with E-state index in [0.717, 1.165) is 36.8 Å². The van der Waals surface area contributed by atoms with E-state index < -0.39 is 5.60 Å². The molecule has 5 rings (SSSR count). The number of rotatable bonds is 2. The van der Waals surface area contributed by atoms with Crippen LogP contribution in [0.5, 0.6) is 11.5 Å². The number of hydrogen-bond donors (Lipinski definition) is 3. The van der Waals surface area contributed by atoms with Crippen molar-refractivity contribution in [1.29, 1.82) is 0 Å². The van der Waals surface area contributed by atoms with Gasteiger partial charge in [0.25, 0.3) is 5.91 Å². The molecule has 4 aliphatic rings. The third-order valence-electron chi connectivity index (χ3n) is 9.54. The van der Waals surface area contributed by atoms with Crippen LogP contribution in [0.4, 0.5) is 0 Å². The van der Waals surface area contributed by atoms with E-state index in [4.69, 9.17) is 4.74 Å². The first-order chi connectivity index (χ1) is 14.6. The molecule has 5 atom stereocenters. The number of benzene rings is 1. The number of aliphatic hydroxyl groups excluding tert-OH is 2. The summed E-state index contributed by atoms with van der Waals surface area (Å²) >= 11 is 0. The highest BCUT2D eigenvalue weighted by Gasteiger charge is 2.67. The predicted octanol–water partition coefficient (Wildman–Crippen LogP) is 3.25. The maximum atomic E-state index is 12.8. The van der Waals surface area contributed by atoms with Crippen molar-refractivity contribution in [2.45, 2.75) is 78.0 Å². The Morgan fingerprint density at radius 2 is 1.94 bits per heavy atom. The zero-order valence-electron chi connectivity index (χ0n) is 19.1. The van der Waals surface area contributed by atoms with Crippen LogP contribution in [0.3, 0.4) is 0 Å². The summed E-state index contributed by atoms with van der Waals surface area (Å²) in [6, 6.07) is 1.60. The number of ether oxygens (including phenoxy) is 1. The molecular formula is C25H35NO5. The van der Waals surface area contributed by atoms with Gasteiger partial charge in [-0.05, 0) is 49.0 Å². The second-order valence-electron chi connectivity index (χ2n) is 11.2. The number of phenolic OH excluding ortho intramolecular Hbond substituents is 1. The molecule has 0 aromatic heterocycles. The van der Waals surface area contributed by atoms with Gasteiger partial charge in [-0.1, -0.05) is 27.7 Å². The van der Waals surface area contributed by atoms with E-state index in [-0.39, 0.29) is 41.7 Å². The fraction of sp³-hybridized carbons (Fsp3) is 0.720. The SMILES string of the molecule is CC1CC[C@H]2C(C)(C)C(O)CC[C@]2(C)[C@@]12Cc1c(O)cc3c(c1O2)CN(CCO)C3=O. The molecule has 0 saturated heterocycles. The van der Waals surface area contributed by atoms with Gasteiger partial charge in [0, 0.05) is 29.5 Å². The molecule has 1 spiro atoms. The molecule has 2 aliphatic carbocycles. The quantitative estimate of drug-likeness (QED) is 0.671. The third-order valence-corrected chi connectivity index (χ3v) is 9.54. The highest BCUT2D eigenvalue weighted by molar-refractivity contribution is 6.00. The van der Waals surface area contributed by atoms with Gasteiger partial charge in [-0.3, -0.25) is 4.79 Å². The zero-order valence-corrected chi connectivity index (χ0v) is 19.1. The van der Waals surface area contributed by atoms with Crippen molar-refractivity contribution in [2.24, 2.45) is 22.7 Å². The maximum absolute atomic E-state index is 12.8. The van der Waals surface area contributed by atoms with Crippen LogP contribution < -0.4 is 4.74 Å². The van der Waals surface area contributed by atoms with Crippen molar-refractivity contribution >= 4 is 5.91 Å². The highest BCUT2D eigenvalue weighted by atomic mass is 16.5. The van der Waals surface area contributed by atoms with Crippen LogP contribution in [0.25, 0.3) is 0 Å². The van der Waals surface area contributed by atoms with Crippen LogP contribution in [0.2, 0.25) is 0 Å². The zero-order chi connectivity index (χ0) is 22.3. The Hall–Kier alpha value is -1.79. The standard InChI is InChI=1S/C25H35NO5/c1-14-5-6-19-23(2,3)20(29)7-8-24(19,4)25(14)12-16-18(28)11-15-17(21(16)31-25)13-26(9-10-27)22(15)30/h11,14,19-20,27-29H,5-10,12-13H2,1-4H3/t14?,19-,20?,24-,25+/m0/s1. The van der Waals surface area contributed by atoms with Gasteiger partial charge in [0.1, 0.15) is 17.1 Å². The Labute approximate surface area is 184 Å². The number of nitrogens with zero attached hydrogens (tertiary/aromatic N) is 1. The molecule has 31 heavy (non-hydrogen) atoms. The van der Waals surface area contributed by atoms with Gasteiger partial charge in [0.05, 0.1) is 24.8 Å². The number of amides is 1. The summed E-state index contributed by atoms with van der Waals surface area (Å²) in [7, 11) is 0. The van der Waals surface area contributed by atoms with Crippen molar-refractivity contribution in [1.82, 2.24) is 4.90 Å². The number of aromatic hydroxyl groups is 1. The first-order valence-corrected chi connectivity index (χ1v) is 11.7. The minimum atomic E-state index is -0.463. The normalized spacial score (nSPS) is 38.1. The van der Waals surface area contributed by atoms with Crippen molar-refractivity contribution < 1.29 is 24.9 Å². The number of β-amino-alcohol motifs (C(OH)–C–C–N with tert-alkyl or cyclic N) is 1. The summed E-state index contributed by atoms with van der Waals surface area (Å²) in [5.74, 6) is 1.28. The fourth-order valence-electron chi connectivity index (χ4n) is 7.63. The Morgan fingerprint density at radius 1 is 1.19 bits per heavy atom. The van der Waals surface area contributed by atoms with Crippen molar-refractivity contribution in [2.75, 3.05) is 13.2 Å². The molecule has 3 N–H and O–H groups in total. The van der Waals surface area contributed by atoms with Crippen LogP contribution in [-0.2, 0) is 13.0 Å². The lowest BCUT2D eigenvalue weighted by molar-refractivity contribution is -0.210. The molecule has 1 amide bonds. The molecule has 1 aromatic carbocycles. The molecule has 2 heterocycles. The largest absolute Gasteiger partial charge is 0.508 e. The molecule has 1 aromatic rings. The molecule has 170 valence electrons. The van der Waals surface area contributed by atoms with Gasteiger partial charge in [0.2, 0.25) is 0 Å². The number of fused-ring (bicyclic) bond motifs is 5. The molecular weight excluding hydrogens is 394 g/mol. The summed E-state index contributed by atoms with van der Waals surface area (Å²) in [5.41, 5.74) is 1.35. The van der Waals surface area contributed by atoms with Crippen molar-refractivity contribution in [3.05, 3.63) is 22.8 Å². The number of aliphatic hydroxyl groups is 2. The number of carbonyl (C=O) groups excluding carboxylic acids is 1. The average molecular weight is 430 g/mol. The lowest BCUT2D eigenvalue weighted by atomic mass is 9.43. The first kappa shape index (κ1) is 21.1. The molecule has 6 nitrogen and oxygen atoms in total. The Morgan fingerprint density at radius 3 is 2.65 bits per heavy atom. The smallest absolute Gasteiger partial charge is 0.254 e. The van der Waals surface area contributed by atoms with Crippen molar-refractivity contribution in [3.63, 3.8) is 0 Å². The fourth-order valence-corrected chi connectivity index (χ4v) is 7.63. The molecule has 0 bridgehead atoms. The van der Waals surface area contributed by atoms with Crippen LogP contribution in [0.15, 0.2) is 6.07 Å². The lowest BCUT2D eigenvalue weighted by Gasteiger charge is -2.64. The maximum Gasteiger partial charge on any atom is 0.254 e. The van der Waals surface area contributed by atoms with Gasteiger partial charge < -0.3 is 25.0 Å². The minimum Gasteiger partial charge on any atom is -0.508 e.